The monoisotopic (exact) mass is 264 g/mol. The van der Waals surface area contributed by atoms with Crippen molar-refractivity contribution in [1.29, 1.82) is 0 Å². The van der Waals surface area contributed by atoms with Gasteiger partial charge in [0, 0.05) is 16.7 Å². The molecule has 2 aromatic rings. The molecule has 0 saturated heterocycles. The molecule has 0 amide bonds. The zero-order valence-electron chi connectivity index (χ0n) is 9.73. The van der Waals surface area contributed by atoms with Crippen molar-refractivity contribution in [3.05, 3.63) is 29.3 Å². The van der Waals surface area contributed by atoms with Gasteiger partial charge in [0.2, 0.25) is 5.88 Å². The fraction of sp³-hybridized carbons (Fsp3) is 0.308. The predicted octanol–water partition coefficient (Wildman–Crippen LogP) is 3.37. The van der Waals surface area contributed by atoms with Crippen molar-refractivity contribution in [1.82, 2.24) is 5.16 Å². The Morgan fingerprint density at radius 3 is 2.89 bits per heavy atom. The third-order valence-corrected chi connectivity index (χ3v) is 3.15. The lowest BCUT2D eigenvalue weighted by Gasteiger charge is -2.09. The number of anilines is 1. The number of aromatic nitrogens is 1. The topological polar surface area (TPSA) is 61.3 Å². The van der Waals surface area contributed by atoms with Crippen LogP contribution in [0, 0.1) is 5.92 Å². The fourth-order valence-electron chi connectivity index (χ4n) is 1.74. The van der Waals surface area contributed by atoms with Gasteiger partial charge in [-0.25, -0.2) is 0 Å². The highest BCUT2D eigenvalue weighted by Crippen LogP contribution is 2.35. The Kier molecular flexibility index (Phi) is 2.88. The van der Waals surface area contributed by atoms with Crippen LogP contribution >= 0.6 is 11.6 Å². The first-order valence-electron chi connectivity index (χ1n) is 5.87. The summed E-state index contributed by atoms with van der Waals surface area (Å²) < 4.78 is 10.7. The average molecular weight is 265 g/mol. The van der Waals surface area contributed by atoms with Gasteiger partial charge in [-0.15, -0.1) is 0 Å². The summed E-state index contributed by atoms with van der Waals surface area (Å²) in [6, 6.07) is 7.12. The Balaban J connectivity index is 1.91. The van der Waals surface area contributed by atoms with Crippen LogP contribution in [-0.2, 0) is 0 Å². The SMILES string of the molecule is Nc1cc(-c2cc(Cl)ccc2OCC2CC2)no1. The van der Waals surface area contributed by atoms with Crippen molar-refractivity contribution < 1.29 is 9.26 Å². The number of nitrogen functional groups attached to an aromatic ring is 1. The highest BCUT2D eigenvalue weighted by molar-refractivity contribution is 6.30. The molecule has 1 saturated carbocycles. The molecule has 1 heterocycles. The smallest absolute Gasteiger partial charge is 0.222 e. The summed E-state index contributed by atoms with van der Waals surface area (Å²) in [6.45, 7) is 0.738. The molecular weight excluding hydrogens is 252 g/mol. The van der Waals surface area contributed by atoms with Gasteiger partial charge < -0.3 is 15.0 Å². The molecular formula is C13H13ClN2O2. The van der Waals surface area contributed by atoms with Crippen molar-refractivity contribution in [2.24, 2.45) is 5.92 Å². The second kappa shape index (κ2) is 4.53. The number of ether oxygens (including phenoxy) is 1. The maximum Gasteiger partial charge on any atom is 0.222 e. The summed E-state index contributed by atoms with van der Waals surface area (Å²) >= 11 is 6.00. The van der Waals surface area contributed by atoms with E-state index in [1.165, 1.54) is 12.8 Å². The normalized spacial score (nSPS) is 14.7. The number of nitrogens with two attached hydrogens (primary N) is 1. The minimum absolute atomic E-state index is 0.276. The number of hydrogen-bond acceptors (Lipinski definition) is 4. The lowest BCUT2D eigenvalue weighted by molar-refractivity contribution is 0.300. The number of nitrogens with zero attached hydrogens (tertiary/aromatic N) is 1. The molecule has 5 heteroatoms. The lowest BCUT2D eigenvalue weighted by Crippen LogP contribution is -2.00. The molecule has 1 aliphatic carbocycles. The highest BCUT2D eigenvalue weighted by atomic mass is 35.5. The van der Waals surface area contributed by atoms with Crippen LogP contribution in [-0.4, -0.2) is 11.8 Å². The number of halogens is 1. The lowest BCUT2D eigenvalue weighted by atomic mass is 10.1. The fourth-order valence-corrected chi connectivity index (χ4v) is 1.91. The standard InChI is InChI=1S/C13H13ClN2O2/c14-9-3-4-12(17-7-8-1-2-8)10(5-9)11-6-13(15)18-16-11/h3-6,8H,1-2,7,15H2. The van der Waals surface area contributed by atoms with Gasteiger partial charge in [-0.05, 0) is 37.0 Å². The first-order chi connectivity index (χ1) is 8.72. The molecule has 2 N–H and O–H groups in total. The molecule has 4 nitrogen and oxygen atoms in total. The summed E-state index contributed by atoms with van der Waals surface area (Å²) in [5.74, 6) is 1.73. The Hall–Kier alpha value is -1.68. The molecule has 0 bridgehead atoms. The Morgan fingerprint density at radius 1 is 1.39 bits per heavy atom. The van der Waals surface area contributed by atoms with Crippen molar-refractivity contribution >= 4 is 17.5 Å². The molecule has 0 radical (unpaired) electrons. The zero-order valence-corrected chi connectivity index (χ0v) is 10.5. The van der Waals surface area contributed by atoms with E-state index in [2.05, 4.69) is 5.16 Å². The molecule has 0 unspecified atom stereocenters. The molecule has 94 valence electrons. The quantitative estimate of drug-likeness (QED) is 0.920. The van der Waals surface area contributed by atoms with Crippen LogP contribution in [0.4, 0.5) is 5.88 Å². The van der Waals surface area contributed by atoms with Gasteiger partial charge in [-0.3, -0.25) is 0 Å². The first-order valence-corrected chi connectivity index (χ1v) is 6.25. The van der Waals surface area contributed by atoms with E-state index >= 15 is 0 Å². The van der Waals surface area contributed by atoms with Gasteiger partial charge in [-0.2, -0.15) is 0 Å². The summed E-state index contributed by atoms with van der Waals surface area (Å²) in [6.07, 6.45) is 2.50. The van der Waals surface area contributed by atoms with E-state index in [1.807, 2.05) is 6.07 Å². The summed E-state index contributed by atoms with van der Waals surface area (Å²) in [5.41, 5.74) is 6.98. The van der Waals surface area contributed by atoms with Crippen LogP contribution < -0.4 is 10.5 Å². The minimum Gasteiger partial charge on any atom is -0.493 e. The highest BCUT2D eigenvalue weighted by Gasteiger charge is 2.22. The second-order valence-electron chi connectivity index (χ2n) is 4.51. The van der Waals surface area contributed by atoms with Crippen LogP contribution in [0.1, 0.15) is 12.8 Å². The van der Waals surface area contributed by atoms with Crippen LogP contribution in [0.5, 0.6) is 5.75 Å². The first kappa shape index (κ1) is 11.4. The van der Waals surface area contributed by atoms with Gasteiger partial charge in [-0.1, -0.05) is 16.8 Å². The number of benzene rings is 1. The molecule has 1 aliphatic rings. The van der Waals surface area contributed by atoms with E-state index in [0.717, 1.165) is 17.9 Å². The Labute approximate surface area is 110 Å². The molecule has 0 spiro atoms. The van der Waals surface area contributed by atoms with Gasteiger partial charge in [0.25, 0.3) is 0 Å². The Morgan fingerprint density at radius 2 is 2.22 bits per heavy atom. The maximum atomic E-state index is 6.00. The van der Waals surface area contributed by atoms with Crippen LogP contribution in [0.3, 0.4) is 0 Å². The second-order valence-corrected chi connectivity index (χ2v) is 4.95. The van der Waals surface area contributed by atoms with Crippen molar-refractivity contribution in [2.45, 2.75) is 12.8 Å². The third-order valence-electron chi connectivity index (χ3n) is 2.92. The van der Waals surface area contributed by atoms with E-state index in [-0.39, 0.29) is 5.88 Å². The van der Waals surface area contributed by atoms with Crippen LogP contribution in [0.2, 0.25) is 5.02 Å². The maximum absolute atomic E-state index is 6.00. The molecule has 18 heavy (non-hydrogen) atoms. The molecule has 0 aliphatic heterocycles. The number of hydrogen-bond donors (Lipinski definition) is 1. The molecule has 0 atom stereocenters. The molecule has 1 fully saturated rings. The van der Waals surface area contributed by atoms with Crippen molar-refractivity contribution in [3.8, 4) is 17.0 Å². The van der Waals surface area contributed by atoms with E-state index in [0.29, 0.717) is 16.6 Å². The zero-order chi connectivity index (χ0) is 12.5. The van der Waals surface area contributed by atoms with Gasteiger partial charge in [0.15, 0.2) is 0 Å². The summed E-state index contributed by atoms with van der Waals surface area (Å²) in [4.78, 5) is 0. The van der Waals surface area contributed by atoms with E-state index in [9.17, 15) is 0 Å². The van der Waals surface area contributed by atoms with E-state index in [4.69, 9.17) is 26.6 Å². The molecule has 1 aromatic heterocycles. The number of rotatable bonds is 4. The van der Waals surface area contributed by atoms with Crippen molar-refractivity contribution in [3.63, 3.8) is 0 Å². The Bertz CT molecular complexity index is 564. The van der Waals surface area contributed by atoms with Crippen LogP contribution in [0.15, 0.2) is 28.8 Å². The largest absolute Gasteiger partial charge is 0.493 e. The molecule has 1 aromatic carbocycles. The average Bonchev–Trinajstić information content (AvgIpc) is 3.09. The minimum atomic E-state index is 0.276. The van der Waals surface area contributed by atoms with Gasteiger partial charge in [0.05, 0.1) is 6.61 Å². The third kappa shape index (κ3) is 2.43. The molecule has 3 rings (SSSR count). The van der Waals surface area contributed by atoms with Gasteiger partial charge >= 0.3 is 0 Å². The summed E-state index contributed by atoms with van der Waals surface area (Å²) in [5, 5.41) is 4.52. The van der Waals surface area contributed by atoms with Crippen LogP contribution in [0.25, 0.3) is 11.3 Å². The van der Waals surface area contributed by atoms with Gasteiger partial charge in [0.1, 0.15) is 11.4 Å². The van der Waals surface area contributed by atoms with Crippen molar-refractivity contribution in [2.75, 3.05) is 12.3 Å². The van der Waals surface area contributed by atoms with E-state index in [1.54, 1.807) is 18.2 Å². The summed E-state index contributed by atoms with van der Waals surface area (Å²) in [7, 11) is 0. The predicted molar refractivity (Wildman–Crippen MR) is 69.6 cm³/mol. The van der Waals surface area contributed by atoms with E-state index < -0.39 is 0 Å².